The van der Waals surface area contributed by atoms with E-state index in [1.807, 2.05) is 0 Å². The van der Waals surface area contributed by atoms with E-state index in [1.54, 1.807) is 0 Å². The molecular weight excluding hydrogens is 234 g/mol. The van der Waals surface area contributed by atoms with Crippen LogP contribution in [0.4, 0.5) is 0 Å². The van der Waals surface area contributed by atoms with E-state index in [-0.39, 0.29) is 18.4 Å². The molecule has 0 spiro atoms. The van der Waals surface area contributed by atoms with Crippen molar-refractivity contribution < 1.29 is 19.4 Å². The summed E-state index contributed by atoms with van der Waals surface area (Å²) in [6.45, 7) is 1.22. The molecule has 1 saturated heterocycles. The summed E-state index contributed by atoms with van der Waals surface area (Å²) in [6.07, 6.45) is 5.07. The van der Waals surface area contributed by atoms with Crippen LogP contribution in [0.25, 0.3) is 0 Å². The Morgan fingerprint density at radius 2 is 2.00 bits per heavy atom. The molecule has 1 unspecified atom stereocenters. The van der Waals surface area contributed by atoms with E-state index in [2.05, 4.69) is 5.32 Å². The number of rotatable bonds is 4. The van der Waals surface area contributed by atoms with Crippen molar-refractivity contribution >= 4 is 11.9 Å². The molecule has 0 bridgehead atoms. The van der Waals surface area contributed by atoms with E-state index >= 15 is 0 Å². The van der Waals surface area contributed by atoms with Crippen LogP contribution in [0, 0.1) is 5.41 Å². The van der Waals surface area contributed by atoms with Gasteiger partial charge in [-0.15, -0.1) is 0 Å². The average molecular weight is 255 g/mol. The highest BCUT2D eigenvalue weighted by Gasteiger charge is 2.41. The van der Waals surface area contributed by atoms with Crippen LogP contribution in [0.2, 0.25) is 0 Å². The number of carboxylic acid groups (broad SMARTS) is 1. The Bertz CT molecular complexity index is 317. The normalized spacial score (nSPS) is 26.8. The maximum absolute atomic E-state index is 11.9. The fraction of sp³-hybridized carbons (Fsp3) is 0.846. The fourth-order valence-corrected chi connectivity index (χ4v) is 2.93. The number of hydrogen-bond donors (Lipinski definition) is 2. The molecule has 0 aromatic carbocycles. The fourth-order valence-electron chi connectivity index (χ4n) is 2.93. The molecule has 2 rings (SSSR count). The minimum absolute atomic E-state index is 0.0620. The lowest BCUT2D eigenvalue weighted by atomic mass is 9.71. The molecule has 1 amide bonds. The second-order valence-electron chi connectivity index (χ2n) is 5.45. The summed E-state index contributed by atoms with van der Waals surface area (Å²) in [4.78, 5) is 23.4. The third-order valence-corrected chi connectivity index (χ3v) is 4.06. The van der Waals surface area contributed by atoms with Gasteiger partial charge in [0.25, 0.3) is 0 Å². The Kier molecular flexibility index (Phi) is 4.22. The van der Waals surface area contributed by atoms with Crippen LogP contribution in [0.15, 0.2) is 0 Å². The van der Waals surface area contributed by atoms with Crippen molar-refractivity contribution in [2.24, 2.45) is 5.41 Å². The van der Waals surface area contributed by atoms with Gasteiger partial charge < -0.3 is 15.2 Å². The van der Waals surface area contributed by atoms with Crippen molar-refractivity contribution in [3.05, 3.63) is 0 Å². The highest BCUT2D eigenvalue weighted by Crippen LogP contribution is 2.39. The molecular formula is C13H21NO4. The van der Waals surface area contributed by atoms with Crippen LogP contribution in [0.1, 0.15) is 44.9 Å². The number of carbonyl (C=O) groups excluding carboxylic acids is 1. The minimum Gasteiger partial charge on any atom is -0.481 e. The molecule has 18 heavy (non-hydrogen) atoms. The van der Waals surface area contributed by atoms with E-state index < -0.39 is 11.4 Å². The predicted molar refractivity (Wildman–Crippen MR) is 65.1 cm³/mol. The monoisotopic (exact) mass is 255 g/mol. The predicted octanol–water partition coefficient (Wildman–Crippen LogP) is 1.32. The molecule has 1 heterocycles. The number of ether oxygens (including phenoxy) is 1. The lowest BCUT2D eigenvalue weighted by molar-refractivity contribution is -0.154. The maximum Gasteiger partial charge on any atom is 0.310 e. The Labute approximate surface area is 107 Å². The summed E-state index contributed by atoms with van der Waals surface area (Å²) in [5.74, 6) is -0.963. The summed E-state index contributed by atoms with van der Waals surface area (Å²) < 4.78 is 5.19. The first-order chi connectivity index (χ1) is 8.62. The van der Waals surface area contributed by atoms with E-state index in [9.17, 15) is 14.7 Å². The average Bonchev–Trinajstić information content (AvgIpc) is 2.82. The van der Waals surface area contributed by atoms with Crippen molar-refractivity contribution in [3.8, 4) is 0 Å². The number of carboxylic acids is 1. The van der Waals surface area contributed by atoms with Gasteiger partial charge in [0.2, 0.25) is 5.91 Å². The smallest absolute Gasteiger partial charge is 0.310 e. The SMILES string of the molecule is O=C(CC1(C(=O)O)CCCCC1)NC1CCOC1. The standard InChI is InChI=1S/C13H21NO4/c15-11(14-10-4-7-18-9-10)8-13(12(16)17)5-2-1-3-6-13/h10H,1-9H2,(H,14,15)(H,16,17). The number of hydrogen-bond acceptors (Lipinski definition) is 3. The summed E-state index contributed by atoms with van der Waals surface area (Å²) in [6, 6.07) is 0.0620. The van der Waals surface area contributed by atoms with Crippen LogP contribution < -0.4 is 5.32 Å². The Morgan fingerprint density at radius 3 is 2.56 bits per heavy atom. The highest BCUT2D eigenvalue weighted by molar-refractivity contribution is 5.85. The highest BCUT2D eigenvalue weighted by atomic mass is 16.5. The van der Waals surface area contributed by atoms with Crippen molar-refractivity contribution in [1.82, 2.24) is 5.32 Å². The molecule has 0 radical (unpaired) electrons. The molecule has 0 aromatic heterocycles. The summed E-state index contributed by atoms with van der Waals surface area (Å²) >= 11 is 0. The molecule has 0 aromatic rings. The van der Waals surface area contributed by atoms with Crippen LogP contribution in [-0.4, -0.2) is 36.2 Å². The van der Waals surface area contributed by atoms with Crippen LogP contribution in [0.3, 0.4) is 0 Å². The third-order valence-electron chi connectivity index (χ3n) is 4.06. The molecule has 1 atom stereocenters. The van der Waals surface area contributed by atoms with Gasteiger partial charge in [0.05, 0.1) is 18.1 Å². The zero-order valence-electron chi connectivity index (χ0n) is 10.6. The number of carbonyl (C=O) groups is 2. The molecule has 2 fully saturated rings. The first kappa shape index (κ1) is 13.3. The second kappa shape index (κ2) is 5.69. The lowest BCUT2D eigenvalue weighted by Gasteiger charge is -2.32. The van der Waals surface area contributed by atoms with Gasteiger partial charge in [-0.25, -0.2) is 0 Å². The van der Waals surface area contributed by atoms with Gasteiger partial charge in [-0.1, -0.05) is 19.3 Å². The zero-order valence-corrected chi connectivity index (χ0v) is 10.6. The largest absolute Gasteiger partial charge is 0.481 e. The Morgan fingerprint density at radius 1 is 1.28 bits per heavy atom. The van der Waals surface area contributed by atoms with Crippen molar-refractivity contribution in [2.45, 2.75) is 51.0 Å². The van der Waals surface area contributed by atoms with Crippen LogP contribution >= 0.6 is 0 Å². The quantitative estimate of drug-likeness (QED) is 0.794. The Hall–Kier alpha value is -1.10. The van der Waals surface area contributed by atoms with E-state index in [1.165, 1.54) is 0 Å². The van der Waals surface area contributed by atoms with Crippen molar-refractivity contribution in [1.29, 1.82) is 0 Å². The first-order valence-electron chi connectivity index (χ1n) is 6.73. The van der Waals surface area contributed by atoms with Gasteiger partial charge in [-0.2, -0.15) is 0 Å². The number of aliphatic carboxylic acids is 1. The van der Waals surface area contributed by atoms with Gasteiger partial charge in [0.15, 0.2) is 0 Å². The van der Waals surface area contributed by atoms with Gasteiger partial charge in [0, 0.05) is 13.0 Å². The summed E-state index contributed by atoms with van der Waals surface area (Å²) in [5, 5.41) is 12.3. The molecule has 1 aliphatic heterocycles. The van der Waals surface area contributed by atoms with E-state index in [4.69, 9.17) is 4.74 Å². The molecule has 1 aliphatic carbocycles. The Balaban J connectivity index is 1.91. The lowest BCUT2D eigenvalue weighted by Crippen LogP contribution is -2.42. The van der Waals surface area contributed by atoms with Crippen LogP contribution in [0.5, 0.6) is 0 Å². The molecule has 2 aliphatic rings. The molecule has 102 valence electrons. The molecule has 2 N–H and O–H groups in total. The number of amides is 1. The van der Waals surface area contributed by atoms with Gasteiger partial charge in [-0.05, 0) is 19.3 Å². The van der Waals surface area contributed by atoms with Gasteiger partial charge >= 0.3 is 5.97 Å². The minimum atomic E-state index is -0.832. The first-order valence-corrected chi connectivity index (χ1v) is 6.73. The van der Waals surface area contributed by atoms with Gasteiger partial charge in [-0.3, -0.25) is 9.59 Å². The van der Waals surface area contributed by atoms with Crippen LogP contribution in [-0.2, 0) is 14.3 Å². The summed E-state index contributed by atoms with van der Waals surface area (Å²) in [7, 11) is 0. The van der Waals surface area contributed by atoms with Crippen molar-refractivity contribution in [2.75, 3.05) is 13.2 Å². The topological polar surface area (TPSA) is 75.6 Å². The number of nitrogens with one attached hydrogen (secondary N) is 1. The molecule has 1 saturated carbocycles. The van der Waals surface area contributed by atoms with E-state index in [0.717, 1.165) is 25.7 Å². The summed E-state index contributed by atoms with van der Waals surface area (Å²) in [5.41, 5.74) is -0.832. The van der Waals surface area contributed by atoms with E-state index in [0.29, 0.717) is 26.1 Å². The molecule has 5 heteroatoms. The zero-order chi connectivity index (χ0) is 13.0. The molecule has 5 nitrogen and oxygen atoms in total. The maximum atomic E-state index is 11.9. The van der Waals surface area contributed by atoms with Gasteiger partial charge in [0.1, 0.15) is 0 Å². The third kappa shape index (κ3) is 3.02. The second-order valence-corrected chi connectivity index (χ2v) is 5.45. The van der Waals surface area contributed by atoms with Crippen molar-refractivity contribution in [3.63, 3.8) is 0 Å².